The van der Waals surface area contributed by atoms with E-state index in [1.165, 1.54) is 14.2 Å². The molecule has 0 spiro atoms. The Bertz CT molecular complexity index is 1590. The summed E-state index contributed by atoms with van der Waals surface area (Å²) in [4.78, 5) is 39.1. The van der Waals surface area contributed by atoms with Gasteiger partial charge in [-0.25, -0.2) is 27.3 Å². The largest absolute Gasteiger partial charge is 0.496 e. The number of nitrogens with one attached hydrogen (secondary N) is 2. The van der Waals surface area contributed by atoms with Crippen LogP contribution >= 0.6 is 0 Å². The minimum Gasteiger partial charge on any atom is -0.496 e. The fourth-order valence-corrected chi connectivity index (χ4v) is 3.42. The fraction of sp³-hybridized carbons (Fsp3) is 0.143. The maximum atomic E-state index is 15.6. The summed E-state index contributed by atoms with van der Waals surface area (Å²) >= 11 is 0. The zero-order chi connectivity index (χ0) is 25.4. The van der Waals surface area contributed by atoms with Crippen LogP contribution in [0.15, 0.2) is 33.9 Å². The lowest BCUT2D eigenvalue weighted by Crippen LogP contribution is -2.34. The van der Waals surface area contributed by atoms with Crippen molar-refractivity contribution in [2.24, 2.45) is 0 Å². The van der Waals surface area contributed by atoms with E-state index in [1.807, 2.05) is 0 Å². The first-order chi connectivity index (χ1) is 16.7. The Morgan fingerprint density at radius 1 is 1.06 bits per heavy atom. The molecule has 0 aliphatic rings. The Morgan fingerprint density at radius 3 is 2.40 bits per heavy atom. The van der Waals surface area contributed by atoms with E-state index >= 15 is 4.39 Å². The highest BCUT2D eigenvalue weighted by Crippen LogP contribution is 2.35. The minimum absolute atomic E-state index is 0.0706. The number of hydrogen-bond acceptors (Lipinski definition) is 7. The van der Waals surface area contributed by atoms with Gasteiger partial charge in [-0.1, -0.05) is 0 Å². The van der Waals surface area contributed by atoms with Crippen molar-refractivity contribution in [1.82, 2.24) is 19.7 Å². The Hall–Kier alpha value is -4.75. The number of H-pyrrole nitrogens is 2. The maximum absolute atomic E-state index is 15.6. The standard InChI is InChI=1S/C21H15F3N4O7/c1-33-11-5-3-9(22)14(23)8(11)7-35-17-12(34-2)6-4-10(15(17)24)28-19(29)13-16(20(30)31)26-27-18(13)25-21(28)32/h3-6H,7H2,1-2H3,(H,30,31)(H2,25,26,27,32). The van der Waals surface area contributed by atoms with Gasteiger partial charge in [0.1, 0.15) is 17.7 Å². The van der Waals surface area contributed by atoms with Gasteiger partial charge in [0.2, 0.25) is 0 Å². The molecule has 0 saturated carbocycles. The van der Waals surface area contributed by atoms with Gasteiger partial charge in [0.05, 0.1) is 25.5 Å². The number of nitrogens with zero attached hydrogens (tertiary/aromatic N) is 2. The van der Waals surface area contributed by atoms with Crippen LogP contribution in [-0.4, -0.2) is 45.0 Å². The molecule has 4 rings (SSSR count). The Labute approximate surface area is 192 Å². The lowest BCUT2D eigenvalue weighted by molar-refractivity contribution is 0.0692. The number of halogens is 3. The molecule has 4 aromatic rings. The number of fused-ring (bicyclic) bond motifs is 1. The Balaban J connectivity index is 1.87. The lowest BCUT2D eigenvalue weighted by atomic mass is 10.2. The average molecular weight is 492 g/mol. The summed E-state index contributed by atoms with van der Waals surface area (Å²) in [6, 6.07) is 4.18. The summed E-state index contributed by atoms with van der Waals surface area (Å²) in [6.45, 7) is -0.710. The summed E-state index contributed by atoms with van der Waals surface area (Å²) in [6.07, 6.45) is 0. The second-order valence-electron chi connectivity index (χ2n) is 6.96. The zero-order valence-corrected chi connectivity index (χ0v) is 17.9. The second-order valence-corrected chi connectivity index (χ2v) is 6.96. The van der Waals surface area contributed by atoms with Crippen LogP contribution < -0.4 is 25.5 Å². The van der Waals surface area contributed by atoms with E-state index in [0.29, 0.717) is 4.57 Å². The number of aromatic carboxylic acids is 1. The SMILES string of the molecule is COc1ccc(F)c(F)c1COc1c(OC)ccc(-n2c(=O)[nH]c3n[nH]c(C(=O)O)c3c2=O)c1F. The maximum Gasteiger partial charge on any atom is 0.354 e. The number of aromatic amines is 2. The van der Waals surface area contributed by atoms with E-state index in [-0.39, 0.29) is 22.7 Å². The predicted octanol–water partition coefficient (Wildman–Crippen LogP) is 2.11. The molecule has 0 atom stereocenters. The molecule has 0 saturated heterocycles. The normalized spacial score (nSPS) is 11.0. The van der Waals surface area contributed by atoms with Gasteiger partial charge in [-0.2, -0.15) is 5.10 Å². The first-order valence-electron chi connectivity index (χ1n) is 9.66. The number of rotatable bonds is 7. The second kappa shape index (κ2) is 8.89. The van der Waals surface area contributed by atoms with Crippen LogP contribution in [0.25, 0.3) is 16.7 Å². The van der Waals surface area contributed by atoms with E-state index in [1.54, 1.807) is 0 Å². The molecule has 0 amide bonds. The molecule has 2 aromatic heterocycles. The van der Waals surface area contributed by atoms with Gasteiger partial charge in [-0.15, -0.1) is 0 Å². The molecule has 0 aliphatic carbocycles. The predicted molar refractivity (Wildman–Crippen MR) is 113 cm³/mol. The quantitative estimate of drug-likeness (QED) is 0.355. The van der Waals surface area contributed by atoms with Gasteiger partial charge in [0.25, 0.3) is 5.56 Å². The molecule has 2 aromatic carbocycles. The Morgan fingerprint density at radius 2 is 1.74 bits per heavy atom. The van der Waals surface area contributed by atoms with Crippen molar-refractivity contribution in [3.63, 3.8) is 0 Å². The molecule has 0 radical (unpaired) electrons. The summed E-state index contributed by atoms with van der Waals surface area (Å²) < 4.78 is 59.3. The van der Waals surface area contributed by atoms with Crippen molar-refractivity contribution in [3.8, 4) is 22.9 Å². The summed E-state index contributed by atoms with van der Waals surface area (Å²) in [7, 11) is 2.40. The van der Waals surface area contributed by atoms with Crippen molar-refractivity contribution in [1.29, 1.82) is 0 Å². The van der Waals surface area contributed by atoms with Gasteiger partial charge in [-0.3, -0.25) is 14.9 Å². The van der Waals surface area contributed by atoms with Crippen molar-refractivity contribution in [3.05, 3.63) is 73.8 Å². The molecular weight excluding hydrogens is 477 g/mol. The first kappa shape index (κ1) is 23.4. The van der Waals surface area contributed by atoms with Crippen LogP contribution in [0.4, 0.5) is 13.2 Å². The van der Waals surface area contributed by atoms with Gasteiger partial charge >= 0.3 is 11.7 Å². The van der Waals surface area contributed by atoms with Crippen molar-refractivity contribution in [2.45, 2.75) is 6.61 Å². The molecule has 35 heavy (non-hydrogen) atoms. The summed E-state index contributed by atoms with van der Waals surface area (Å²) in [5, 5.41) is 14.4. The third-order valence-electron chi connectivity index (χ3n) is 5.06. The topological polar surface area (TPSA) is 149 Å². The minimum atomic E-state index is -1.53. The number of methoxy groups -OCH3 is 2. The van der Waals surface area contributed by atoms with Crippen LogP contribution in [0.5, 0.6) is 17.2 Å². The van der Waals surface area contributed by atoms with Gasteiger partial charge in [-0.05, 0) is 24.3 Å². The third-order valence-corrected chi connectivity index (χ3v) is 5.06. The highest BCUT2D eigenvalue weighted by molar-refractivity contribution is 5.99. The number of ether oxygens (including phenoxy) is 3. The zero-order valence-electron chi connectivity index (χ0n) is 17.9. The van der Waals surface area contributed by atoms with Crippen LogP contribution in [0.2, 0.25) is 0 Å². The van der Waals surface area contributed by atoms with E-state index in [4.69, 9.17) is 14.2 Å². The van der Waals surface area contributed by atoms with Crippen molar-refractivity contribution < 1.29 is 37.3 Å². The van der Waals surface area contributed by atoms with E-state index in [2.05, 4.69) is 15.2 Å². The van der Waals surface area contributed by atoms with Gasteiger partial charge in [0.15, 0.2) is 40.3 Å². The molecule has 182 valence electrons. The molecule has 0 fully saturated rings. The monoisotopic (exact) mass is 492 g/mol. The highest BCUT2D eigenvalue weighted by atomic mass is 19.2. The van der Waals surface area contributed by atoms with Crippen LogP contribution in [-0.2, 0) is 6.61 Å². The molecule has 0 aliphatic heterocycles. The summed E-state index contributed by atoms with van der Waals surface area (Å²) in [5.41, 5.74) is -4.25. The average Bonchev–Trinajstić information content (AvgIpc) is 3.26. The van der Waals surface area contributed by atoms with Crippen molar-refractivity contribution >= 4 is 17.0 Å². The third kappa shape index (κ3) is 3.84. The van der Waals surface area contributed by atoms with Gasteiger partial charge < -0.3 is 19.3 Å². The number of aromatic nitrogens is 4. The molecule has 2 heterocycles. The molecule has 0 bridgehead atoms. The number of benzene rings is 2. The van der Waals surface area contributed by atoms with E-state index in [0.717, 1.165) is 24.3 Å². The Kier molecular flexibility index (Phi) is 5.94. The first-order valence-corrected chi connectivity index (χ1v) is 9.66. The van der Waals surface area contributed by atoms with E-state index < -0.39 is 63.8 Å². The molecule has 0 unspecified atom stereocenters. The smallest absolute Gasteiger partial charge is 0.354 e. The number of carbonyl (C=O) groups is 1. The van der Waals surface area contributed by atoms with Crippen molar-refractivity contribution in [2.75, 3.05) is 14.2 Å². The van der Waals surface area contributed by atoms with Crippen LogP contribution in [0.1, 0.15) is 16.1 Å². The molecule has 14 heteroatoms. The van der Waals surface area contributed by atoms with Crippen LogP contribution in [0.3, 0.4) is 0 Å². The molecule has 3 N–H and O–H groups in total. The number of carboxylic acids is 1. The number of carboxylic acid groups (broad SMARTS) is 1. The van der Waals surface area contributed by atoms with Gasteiger partial charge in [0, 0.05) is 0 Å². The fourth-order valence-electron chi connectivity index (χ4n) is 3.42. The molecule has 11 nitrogen and oxygen atoms in total. The van der Waals surface area contributed by atoms with Crippen LogP contribution in [0, 0.1) is 17.5 Å². The number of hydrogen-bond donors (Lipinski definition) is 3. The lowest BCUT2D eigenvalue weighted by Gasteiger charge is -2.16. The highest BCUT2D eigenvalue weighted by Gasteiger charge is 2.25. The molecular formula is C21H15F3N4O7. The van der Waals surface area contributed by atoms with E-state index in [9.17, 15) is 28.3 Å². The summed E-state index contributed by atoms with van der Waals surface area (Å²) in [5.74, 6) is -6.17.